The number of benzene rings is 2. The van der Waals surface area contributed by atoms with Crippen LogP contribution in [0.5, 0.6) is 23.0 Å². The third-order valence-corrected chi connectivity index (χ3v) is 4.22. The molecule has 32 heavy (non-hydrogen) atoms. The molecule has 0 amide bonds. The summed E-state index contributed by atoms with van der Waals surface area (Å²) in [6, 6.07) is 8.04. The van der Waals surface area contributed by atoms with Crippen LogP contribution in [0.25, 0.3) is 0 Å². The highest BCUT2D eigenvalue weighted by Gasteiger charge is 2.15. The Morgan fingerprint density at radius 1 is 0.531 bits per heavy atom. The topological polar surface area (TPSA) is 142 Å². The minimum atomic E-state index is -0.533. The van der Waals surface area contributed by atoms with E-state index in [2.05, 4.69) is 0 Å². The van der Waals surface area contributed by atoms with Crippen LogP contribution in [0, 0.1) is 20.2 Å². The average Bonchev–Trinajstić information content (AvgIpc) is 2.78. The van der Waals surface area contributed by atoms with Gasteiger partial charge in [-0.3, -0.25) is 20.2 Å². The van der Waals surface area contributed by atoms with Crippen LogP contribution >= 0.6 is 0 Å². The van der Waals surface area contributed by atoms with Gasteiger partial charge in [0.1, 0.15) is 26.4 Å². The lowest BCUT2D eigenvalue weighted by Crippen LogP contribution is -2.15. The Balaban J connectivity index is 1.74. The van der Waals surface area contributed by atoms with Gasteiger partial charge in [0.25, 0.3) is 11.4 Å². The Morgan fingerprint density at radius 2 is 0.875 bits per heavy atom. The van der Waals surface area contributed by atoms with Crippen LogP contribution in [-0.4, -0.2) is 62.7 Å². The highest BCUT2D eigenvalue weighted by atomic mass is 16.6. The quantitative estimate of drug-likeness (QED) is 0.495. The summed E-state index contributed by atoms with van der Waals surface area (Å²) >= 11 is 0. The molecule has 12 nitrogen and oxygen atoms in total. The first-order valence-electron chi connectivity index (χ1n) is 9.78. The van der Waals surface area contributed by atoms with Crippen molar-refractivity contribution in [3.63, 3.8) is 0 Å². The van der Waals surface area contributed by atoms with Crippen LogP contribution in [-0.2, 0) is 9.47 Å². The highest BCUT2D eigenvalue weighted by Crippen LogP contribution is 2.33. The number of non-ortho nitro benzene ring substituents is 2. The second kappa shape index (κ2) is 11.7. The van der Waals surface area contributed by atoms with Crippen molar-refractivity contribution >= 4 is 11.4 Å². The standard InChI is InChI=1S/C20H22N2O10/c23-21(24)15-2-4-18-19(13-15)31-10-8-28-6-5-27-7-9-29-17-3-1-16(22(25)26)14-20(17)32-12-11-30-18/h1-4,13-14H,5-12H2. The van der Waals surface area contributed by atoms with Gasteiger partial charge in [-0.1, -0.05) is 0 Å². The minimum absolute atomic E-state index is 0.0353. The SMILES string of the molecule is O=[N+]([O-])c1ccc2c(c1)OCCOCCOCCOc1ccc([N+](=O)[O-])cc1OCCO2. The van der Waals surface area contributed by atoms with Crippen LogP contribution in [0.1, 0.15) is 0 Å². The van der Waals surface area contributed by atoms with Gasteiger partial charge in [-0.25, -0.2) is 0 Å². The van der Waals surface area contributed by atoms with Crippen molar-refractivity contribution in [2.75, 3.05) is 52.9 Å². The molecule has 1 aliphatic rings. The van der Waals surface area contributed by atoms with Crippen molar-refractivity contribution in [3.05, 3.63) is 56.6 Å². The average molecular weight is 450 g/mol. The summed E-state index contributed by atoms with van der Waals surface area (Å²) < 4.78 is 33.3. The second-order valence-corrected chi connectivity index (χ2v) is 6.39. The molecule has 1 heterocycles. The molecular weight excluding hydrogens is 428 g/mol. The molecule has 2 aromatic carbocycles. The molecule has 2 aromatic rings. The fraction of sp³-hybridized carbons (Fsp3) is 0.400. The Labute approximate surface area is 182 Å². The van der Waals surface area contributed by atoms with Gasteiger partial charge in [-0.2, -0.15) is 0 Å². The third kappa shape index (κ3) is 6.68. The summed E-state index contributed by atoms with van der Waals surface area (Å²) in [7, 11) is 0. The van der Waals surface area contributed by atoms with Crippen molar-refractivity contribution in [2.24, 2.45) is 0 Å². The van der Waals surface area contributed by atoms with Crippen molar-refractivity contribution in [1.82, 2.24) is 0 Å². The molecule has 0 atom stereocenters. The van der Waals surface area contributed by atoms with Crippen LogP contribution in [0.2, 0.25) is 0 Å². The van der Waals surface area contributed by atoms with E-state index in [1.165, 1.54) is 36.4 Å². The lowest BCUT2D eigenvalue weighted by molar-refractivity contribution is -0.385. The Kier molecular flexibility index (Phi) is 8.40. The zero-order valence-electron chi connectivity index (χ0n) is 17.1. The van der Waals surface area contributed by atoms with Gasteiger partial charge in [0.05, 0.1) is 48.4 Å². The van der Waals surface area contributed by atoms with E-state index in [0.29, 0.717) is 24.7 Å². The van der Waals surface area contributed by atoms with Crippen LogP contribution in [0.3, 0.4) is 0 Å². The second-order valence-electron chi connectivity index (χ2n) is 6.39. The van der Waals surface area contributed by atoms with E-state index in [0.717, 1.165) is 0 Å². The summed E-state index contributed by atoms with van der Waals surface area (Å²) in [5.41, 5.74) is -0.284. The number of hydrogen-bond donors (Lipinski definition) is 0. The number of nitro benzene ring substituents is 2. The lowest BCUT2D eigenvalue weighted by Gasteiger charge is -2.15. The molecule has 0 unspecified atom stereocenters. The maximum Gasteiger partial charge on any atom is 0.273 e. The Morgan fingerprint density at radius 3 is 1.28 bits per heavy atom. The molecule has 12 heteroatoms. The molecule has 3 rings (SSSR count). The molecule has 0 saturated heterocycles. The maximum absolute atomic E-state index is 11.1. The van der Waals surface area contributed by atoms with Crippen LogP contribution in [0.4, 0.5) is 11.4 Å². The molecule has 0 aliphatic carbocycles. The monoisotopic (exact) mass is 450 g/mol. The molecule has 0 spiro atoms. The van der Waals surface area contributed by atoms with E-state index in [1.54, 1.807) is 0 Å². The van der Waals surface area contributed by atoms with Gasteiger partial charge >= 0.3 is 0 Å². The number of ether oxygens (including phenoxy) is 6. The summed E-state index contributed by atoms with van der Waals surface area (Å²) in [4.78, 5) is 21.1. The first-order chi connectivity index (χ1) is 15.5. The number of nitrogens with zero attached hydrogens (tertiary/aromatic N) is 2. The molecule has 0 radical (unpaired) electrons. The first kappa shape index (κ1) is 23.0. The van der Waals surface area contributed by atoms with E-state index in [4.69, 9.17) is 28.4 Å². The molecule has 0 saturated carbocycles. The Bertz CT molecular complexity index is 937. The normalized spacial score (nSPS) is 15.8. The van der Waals surface area contributed by atoms with Crippen molar-refractivity contribution in [3.8, 4) is 23.0 Å². The van der Waals surface area contributed by atoms with Gasteiger partial charge in [-0.15, -0.1) is 0 Å². The number of nitro groups is 2. The number of hydrogen-bond acceptors (Lipinski definition) is 10. The Hall–Kier alpha value is -3.64. The van der Waals surface area contributed by atoms with Crippen molar-refractivity contribution in [1.29, 1.82) is 0 Å². The van der Waals surface area contributed by atoms with E-state index in [1.807, 2.05) is 0 Å². The number of rotatable bonds is 2. The molecule has 0 N–H and O–H groups in total. The predicted molar refractivity (Wildman–Crippen MR) is 110 cm³/mol. The van der Waals surface area contributed by atoms with Gasteiger partial charge in [0.2, 0.25) is 0 Å². The predicted octanol–water partition coefficient (Wildman–Crippen LogP) is 2.77. The van der Waals surface area contributed by atoms with Gasteiger partial charge in [-0.05, 0) is 12.1 Å². The van der Waals surface area contributed by atoms with Gasteiger partial charge in [0, 0.05) is 12.1 Å². The summed E-state index contributed by atoms with van der Waals surface area (Å²) in [5, 5.41) is 22.1. The van der Waals surface area contributed by atoms with Crippen LogP contribution < -0.4 is 18.9 Å². The van der Waals surface area contributed by atoms with Crippen molar-refractivity contribution in [2.45, 2.75) is 0 Å². The molecule has 0 bridgehead atoms. The zero-order chi connectivity index (χ0) is 22.8. The number of fused-ring (bicyclic) bond motifs is 2. The first-order valence-corrected chi connectivity index (χ1v) is 9.78. The smallest absolute Gasteiger partial charge is 0.273 e. The summed E-state index contributed by atoms with van der Waals surface area (Å²) in [6.45, 7) is 1.68. The third-order valence-electron chi connectivity index (χ3n) is 4.22. The lowest BCUT2D eigenvalue weighted by atomic mass is 10.3. The minimum Gasteiger partial charge on any atom is -0.487 e. The van der Waals surface area contributed by atoms with Gasteiger partial charge < -0.3 is 28.4 Å². The van der Waals surface area contributed by atoms with Crippen molar-refractivity contribution < 1.29 is 38.3 Å². The highest BCUT2D eigenvalue weighted by molar-refractivity contribution is 5.49. The fourth-order valence-electron chi connectivity index (χ4n) is 2.73. The van der Waals surface area contributed by atoms with Gasteiger partial charge in [0.15, 0.2) is 23.0 Å². The largest absolute Gasteiger partial charge is 0.487 e. The molecule has 172 valence electrons. The summed E-state index contributed by atoms with van der Waals surface area (Å²) in [6.07, 6.45) is 0. The van der Waals surface area contributed by atoms with E-state index in [9.17, 15) is 20.2 Å². The molecule has 0 fully saturated rings. The fourth-order valence-corrected chi connectivity index (χ4v) is 2.73. The van der Waals surface area contributed by atoms with Crippen LogP contribution in [0.15, 0.2) is 36.4 Å². The maximum atomic E-state index is 11.1. The zero-order valence-corrected chi connectivity index (χ0v) is 17.1. The molecular formula is C20H22N2O10. The van der Waals surface area contributed by atoms with E-state index >= 15 is 0 Å². The molecule has 1 aliphatic heterocycles. The molecule has 0 aromatic heterocycles. The van der Waals surface area contributed by atoms with E-state index < -0.39 is 9.85 Å². The van der Waals surface area contributed by atoms with E-state index in [-0.39, 0.29) is 62.5 Å². The summed E-state index contributed by atoms with van der Waals surface area (Å²) in [5.74, 6) is 1.00.